The first-order chi connectivity index (χ1) is 16.9. The van der Waals surface area contributed by atoms with E-state index in [0.717, 1.165) is 22.3 Å². The predicted molar refractivity (Wildman–Crippen MR) is 132 cm³/mol. The lowest BCUT2D eigenvalue weighted by molar-refractivity contribution is -0.118. The Bertz CT molecular complexity index is 1300. The van der Waals surface area contributed by atoms with Gasteiger partial charge in [0.1, 0.15) is 12.6 Å². The fourth-order valence-electron chi connectivity index (χ4n) is 4.33. The van der Waals surface area contributed by atoms with Crippen LogP contribution >= 0.6 is 0 Å². The van der Waals surface area contributed by atoms with Crippen LogP contribution in [0.5, 0.6) is 0 Å². The van der Waals surface area contributed by atoms with Gasteiger partial charge in [0, 0.05) is 18.0 Å². The smallest absolute Gasteiger partial charge is 0.407 e. The lowest BCUT2D eigenvalue weighted by atomic mass is 9.98. The van der Waals surface area contributed by atoms with E-state index in [1.54, 1.807) is 13.0 Å². The third-order valence-corrected chi connectivity index (χ3v) is 6.10. The monoisotopic (exact) mass is 468 g/mol. The van der Waals surface area contributed by atoms with E-state index in [1.807, 2.05) is 48.5 Å². The van der Waals surface area contributed by atoms with Crippen LogP contribution in [0.25, 0.3) is 11.1 Å². The number of rotatable bonds is 7. The van der Waals surface area contributed by atoms with Gasteiger partial charge in [0.15, 0.2) is 0 Å². The molecular weight excluding hydrogens is 444 g/mol. The van der Waals surface area contributed by atoms with Crippen LogP contribution in [-0.2, 0) is 9.53 Å². The zero-order valence-corrected chi connectivity index (χ0v) is 19.1. The summed E-state index contributed by atoms with van der Waals surface area (Å²) in [7, 11) is 0. The summed E-state index contributed by atoms with van der Waals surface area (Å²) in [5, 5.41) is 14.5. The second-order valence-corrected chi connectivity index (χ2v) is 8.20. The van der Waals surface area contributed by atoms with Crippen molar-refractivity contribution in [3.8, 4) is 23.5 Å². The highest BCUT2D eigenvalue weighted by atomic mass is 16.5. The van der Waals surface area contributed by atoms with E-state index in [-0.39, 0.29) is 24.5 Å². The number of ether oxygens (including phenoxy) is 1. The zero-order valence-electron chi connectivity index (χ0n) is 19.1. The Labute approximate surface area is 203 Å². The Morgan fingerprint density at radius 3 is 2.23 bits per heavy atom. The molecule has 0 bridgehead atoms. The van der Waals surface area contributed by atoms with Gasteiger partial charge in [-0.15, -0.1) is 12.3 Å². The SMILES string of the molecule is C#CCC(NC(=O)OCC1c2ccccc2-c2ccccc21)C(=O)Nc1cccc(C(=O)O)c1C. The topological polar surface area (TPSA) is 105 Å². The molecule has 0 heterocycles. The Hall–Kier alpha value is -4.57. The second-order valence-electron chi connectivity index (χ2n) is 8.20. The Kier molecular flexibility index (Phi) is 6.83. The summed E-state index contributed by atoms with van der Waals surface area (Å²) in [5.74, 6) is 0.597. The molecule has 0 radical (unpaired) electrons. The molecule has 7 nitrogen and oxygen atoms in total. The molecule has 7 heteroatoms. The number of amides is 2. The first-order valence-electron chi connectivity index (χ1n) is 11.1. The number of carboxylic acid groups (broad SMARTS) is 1. The summed E-state index contributed by atoms with van der Waals surface area (Å²) in [5.41, 5.74) is 5.17. The molecule has 0 spiro atoms. The molecule has 0 fully saturated rings. The summed E-state index contributed by atoms with van der Waals surface area (Å²) >= 11 is 0. The van der Waals surface area contributed by atoms with Gasteiger partial charge in [-0.2, -0.15) is 0 Å². The summed E-state index contributed by atoms with van der Waals surface area (Å²) in [6.45, 7) is 1.69. The molecule has 176 valence electrons. The number of hydrogen-bond donors (Lipinski definition) is 3. The van der Waals surface area contributed by atoms with Gasteiger partial charge in [0.2, 0.25) is 5.91 Å². The second kappa shape index (κ2) is 10.1. The molecular formula is C28H24N2O5. The van der Waals surface area contributed by atoms with Crippen molar-refractivity contribution in [2.75, 3.05) is 11.9 Å². The molecule has 4 rings (SSSR count). The Morgan fingerprint density at radius 1 is 1.00 bits per heavy atom. The number of benzene rings is 3. The summed E-state index contributed by atoms with van der Waals surface area (Å²) in [4.78, 5) is 36.8. The van der Waals surface area contributed by atoms with Crippen molar-refractivity contribution in [2.45, 2.75) is 25.3 Å². The van der Waals surface area contributed by atoms with E-state index < -0.39 is 24.0 Å². The summed E-state index contributed by atoms with van der Waals surface area (Å²) in [6, 6.07) is 19.5. The molecule has 3 N–H and O–H groups in total. The zero-order chi connectivity index (χ0) is 24.9. The number of nitrogens with one attached hydrogen (secondary N) is 2. The van der Waals surface area contributed by atoms with Crippen molar-refractivity contribution < 1.29 is 24.2 Å². The maximum atomic E-state index is 12.8. The molecule has 0 aromatic heterocycles. The number of carbonyl (C=O) groups excluding carboxylic acids is 2. The van der Waals surface area contributed by atoms with Gasteiger partial charge < -0.3 is 20.5 Å². The molecule has 1 unspecified atom stereocenters. The van der Waals surface area contributed by atoms with Gasteiger partial charge in [-0.1, -0.05) is 54.6 Å². The third kappa shape index (κ3) is 4.87. The number of anilines is 1. The van der Waals surface area contributed by atoms with Crippen molar-refractivity contribution in [3.63, 3.8) is 0 Å². The minimum absolute atomic E-state index is 0.0618. The molecule has 1 aliphatic rings. The van der Waals surface area contributed by atoms with Gasteiger partial charge in [-0.3, -0.25) is 4.79 Å². The van der Waals surface area contributed by atoms with E-state index >= 15 is 0 Å². The number of alkyl carbamates (subject to hydrolysis) is 1. The number of hydrogen-bond acceptors (Lipinski definition) is 4. The highest BCUT2D eigenvalue weighted by Gasteiger charge is 2.30. The summed E-state index contributed by atoms with van der Waals surface area (Å²) in [6.07, 6.45) is 4.58. The van der Waals surface area contributed by atoms with Crippen LogP contribution in [0.3, 0.4) is 0 Å². The van der Waals surface area contributed by atoms with Crippen molar-refractivity contribution in [2.24, 2.45) is 0 Å². The van der Waals surface area contributed by atoms with Crippen LogP contribution in [-0.4, -0.2) is 35.7 Å². The minimum Gasteiger partial charge on any atom is -0.478 e. The Balaban J connectivity index is 1.43. The van der Waals surface area contributed by atoms with E-state index in [9.17, 15) is 19.5 Å². The quantitative estimate of drug-likeness (QED) is 0.441. The normalized spacial score (nSPS) is 12.6. The van der Waals surface area contributed by atoms with Gasteiger partial charge >= 0.3 is 12.1 Å². The molecule has 1 atom stereocenters. The van der Waals surface area contributed by atoms with Crippen LogP contribution in [0.1, 0.15) is 39.4 Å². The van der Waals surface area contributed by atoms with E-state index in [0.29, 0.717) is 11.3 Å². The predicted octanol–water partition coefficient (Wildman–Crippen LogP) is 4.56. The standard InChI is InChI=1S/C28H24N2O5/c1-3-9-25(26(31)29-24-15-8-14-18(17(24)2)27(32)33)30-28(34)35-16-23-21-12-6-4-10-19(21)20-11-5-7-13-22(20)23/h1,4-8,10-15,23,25H,9,16H2,2H3,(H,29,31)(H,30,34)(H,32,33). The van der Waals surface area contributed by atoms with Gasteiger partial charge in [0.25, 0.3) is 0 Å². The van der Waals surface area contributed by atoms with Gasteiger partial charge in [-0.25, -0.2) is 9.59 Å². The van der Waals surface area contributed by atoms with Gasteiger partial charge in [-0.05, 0) is 46.9 Å². The maximum absolute atomic E-state index is 12.8. The number of aromatic carboxylic acids is 1. The van der Waals surface area contributed by atoms with Crippen LogP contribution in [0.2, 0.25) is 0 Å². The number of carboxylic acids is 1. The fraction of sp³-hybridized carbons (Fsp3) is 0.179. The van der Waals surface area contributed by atoms with E-state index in [1.165, 1.54) is 12.1 Å². The van der Waals surface area contributed by atoms with Crippen LogP contribution in [0.4, 0.5) is 10.5 Å². The van der Waals surface area contributed by atoms with E-state index in [4.69, 9.17) is 11.2 Å². The molecule has 3 aromatic carbocycles. The number of fused-ring (bicyclic) bond motifs is 3. The average Bonchev–Trinajstić information content (AvgIpc) is 3.17. The number of terminal acetylenes is 1. The lowest BCUT2D eigenvalue weighted by Crippen LogP contribution is -2.44. The summed E-state index contributed by atoms with van der Waals surface area (Å²) < 4.78 is 5.51. The van der Waals surface area contributed by atoms with Crippen molar-refractivity contribution in [1.29, 1.82) is 0 Å². The first kappa shape index (κ1) is 23.6. The van der Waals surface area contributed by atoms with E-state index in [2.05, 4.69) is 16.6 Å². The minimum atomic E-state index is -1.10. The lowest BCUT2D eigenvalue weighted by Gasteiger charge is -2.19. The largest absolute Gasteiger partial charge is 0.478 e. The van der Waals surface area contributed by atoms with Gasteiger partial charge in [0.05, 0.1) is 5.56 Å². The average molecular weight is 469 g/mol. The molecule has 2 amide bonds. The maximum Gasteiger partial charge on any atom is 0.407 e. The van der Waals surface area contributed by atoms with Crippen LogP contribution in [0.15, 0.2) is 66.7 Å². The molecule has 0 aliphatic heterocycles. The first-order valence-corrected chi connectivity index (χ1v) is 11.1. The Morgan fingerprint density at radius 2 is 1.63 bits per heavy atom. The highest BCUT2D eigenvalue weighted by Crippen LogP contribution is 2.44. The van der Waals surface area contributed by atoms with Crippen molar-refractivity contribution >= 4 is 23.7 Å². The molecule has 0 saturated carbocycles. The molecule has 0 saturated heterocycles. The van der Waals surface area contributed by atoms with Crippen molar-refractivity contribution in [1.82, 2.24) is 5.32 Å². The third-order valence-electron chi connectivity index (χ3n) is 6.10. The van der Waals surface area contributed by atoms with Crippen molar-refractivity contribution in [3.05, 3.63) is 89.0 Å². The number of carbonyl (C=O) groups is 3. The van der Waals surface area contributed by atoms with Crippen LogP contribution < -0.4 is 10.6 Å². The highest BCUT2D eigenvalue weighted by molar-refractivity contribution is 5.99. The molecule has 1 aliphatic carbocycles. The molecule has 35 heavy (non-hydrogen) atoms. The molecule has 3 aromatic rings. The van der Waals surface area contributed by atoms with Crippen LogP contribution in [0, 0.1) is 19.3 Å². The fourth-order valence-corrected chi connectivity index (χ4v) is 4.33.